The van der Waals surface area contributed by atoms with Gasteiger partial charge in [0.1, 0.15) is 29.8 Å². The summed E-state index contributed by atoms with van der Waals surface area (Å²) in [6, 6.07) is 9.31. The van der Waals surface area contributed by atoms with Crippen LogP contribution in [0.3, 0.4) is 0 Å². The number of rotatable bonds is 8. The molecule has 10 heteroatoms. The van der Waals surface area contributed by atoms with E-state index in [9.17, 15) is 14.3 Å². The van der Waals surface area contributed by atoms with Crippen molar-refractivity contribution in [3.63, 3.8) is 0 Å². The number of fused-ring (bicyclic) bond motifs is 1. The van der Waals surface area contributed by atoms with Crippen LogP contribution in [0, 0.1) is 12.7 Å². The fraction of sp³-hybridized carbons (Fsp3) is 0.280. The van der Waals surface area contributed by atoms with E-state index in [1.807, 2.05) is 25.1 Å². The second-order valence-corrected chi connectivity index (χ2v) is 8.56. The summed E-state index contributed by atoms with van der Waals surface area (Å²) in [5.41, 5.74) is 3.11. The molecule has 0 aliphatic heterocycles. The summed E-state index contributed by atoms with van der Waals surface area (Å²) >= 11 is 6.39. The first-order chi connectivity index (χ1) is 16.8. The minimum atomic E-state index is -1.15. The summed E-state index contributed by atoms with van der Waals surface area (Å²) in [6.07, 6.45) is 2.31. The third kappa shape index (κ3) is 5.26. The zero-order valence-corrected chi connectivity index (χ0v) is 20.3. The maximum atomic E-state index is 14.2. The van der Waals surface area contributed by atoms with Gasteiger partial charge >= 0.3 is 0 Å². The molecule has 2 aromatic heterocycles. The van der Waals surface area contributed by atoms with Crippen LogP contribution in [-0.2, 0) is 11.4 Å². The number of pyridine rings is 1. The van der Waals surface area contributed by atoms with Crippen LogP contribution < -0.4 is 10.1 Å². The van der Waals surface area contributed by atoms with Crippen LogP contribution in [-0.4, -0.2) is 37.1 Å². The molecule has 4 rings (SSSR count). The van der Waals surface area contributed by atoms with Crippen LogP contribution in [0.4, 0.5) is 4.39 Å². The van der Waals surface area contributed by atoms with E-state index < -0.39 is 23.9 Å². The molecule has 1 amide bonds. The Morgan fingerprint density at radius 3 is 2.71 bits per heavy atom. The van der Waals surface area contributed by atoms with Gasteiger partial charge < -0.3 is 15.2 Å². The number of hydrogen-bond acceptors (Lipinski definition) is 6. The quantitative estimate of drug-likeness (QED) is 0.373. The molecule has 0 unspecified atom stereocenters. The number of benzene rings is 2. The predicted octanol–water partition coefficient (Wildman–Crippen LogP) is 4.44. The van der Waals surface area contributed by atoms with Crippen LogP contribution in [0.5, 0.6) is 5.75 Å². The van der Waals surface area contributed by atoms with E-state index in [0.29, 0.717) is 22.4 Å². The lowest BCUT2D eigenvalue weighted by Gasteiger charge is -2.21. The molecule has 4 aromatic rings. The maximum Gasteiger partial charge on any atom is 0.249 e. The molecule has 0 bridgehead atoms. The highest BCUT2D eigenvalue weighted by Gasteiger charge is 2.21. The summed E-state index contributed by atoms with van der Waals surface area (Å²) in [7, 11) is 0. The SMILES string of the molecule is CC[C@@H](O)C(=O)N[C@@H](C)c1cc(F)cc(Cl)c1COc1cccc2c(-n3nccn3)cc(C)nc12. The summed E-state index contributed by atoms with van der Waals surface area (Å²) in [6.45, 7) is 5.27. The lowest BCUT2D eigenvalue weighted by Crippen LogP contribution is -2.36. The maximum absolute atomic E-state index is 14.2. The average Bonchev–Trinajstić information content (AvgIpc) is 3.37. The Bertz CT molecular complexity index is 1360. The Morgan fingerprint density at radius 2 is 2.00 bits per heavy atom. The molecule has 2 atom stereocenters. The molecule has 0 spiro atoms. The van der Waals surface area contributed by atoms with E-state index in [0.717, 1.165) is 16.8 Å². The van der Waals surface area contributed by atoms with Crippen LogP contribution in [0.1, 0.15) is 43.1 Å². The van der Waals surface area contributed by atoms with Gasteiger partial charge in [0.05, 0.1) is 29.1 Å². The standard InChI is InChI=1S/C25H25ClFN5O3/c1-4-22(33)25(34)31-15(3)18-11-16(27)12-20(26)19(18)13-35-23-7-5-6-17-21(32-28-8-9-29-32)10-14(2)30-24(17)23/h5-12,15,22,33H,4,13H2,1-3H3,(H,31,34)/t15-,22+/m0/s1. The first-order valence-electron chi connectivity index (χ1n) is 11.1. The summed E-state index contributed by atoms with van der Waals surface area (Å²) in [5.74, 6) is -0.575. The average molecular weight is 498 g/mol. The first-order valence-corrected chi connectivity index (χ1v) is 11.5. The summed E-state index contributed by atoms with van der Waals surface area (Å²) in [4.78, 5) is 18.4. The molecule has 0 radical (unpaired) electrons. The number of carbonyl (C=O) groups excluding carboxylic acids is 1. The minimum Gasteiger partial charge on any atom is -0.487 e. The first kappa shape index (κ1) is 24.6. The number of nitrogens with one attached hydrogen (secondary N) is 1. The largest absolute Gasteiger partial charge is 0.487 e. The smallest absolute Gasteiger partial charge is 0.249 e. The van der Waals surface area contributed by atoms with E-state index >= 15 is 0 Å². The number of carbonyl (C=O) groups is 1. The molecular formula is C25H25ClFN5O3. The van der Waals surface area contributed by atoms with Gasteiger partial charge in [0.25, 0.3) is 0 Å². The van der Waals surface area contributed by atoms with E-state index in [1.54, 1.807) is 32.3 Å². The second-order valence-electron chi connectivity index (χ2n) is 8.15. The van der Waals surface area contributed by atoms with Crippen LogP contribution >= 0.6 is 11.6 Å². The van der Waals surface area contributed by atoms with Crippen molar-refractivity contribution in [2.24, 2.45) is 0 Å². The summed E-state index contributed by atoms with van der Waals surface area (Å²) in [5, 5.41) is 21.9. The van der Waals surface area contributed by atoms with Crippen molar-refractivity contribution in [2.75, 3.05) is 0 Å². The van der Waals surface area contributed by atoms with Gasteiger partial charge in [-0.3, -0.25) is 4.79 Å². The summed E-state index contributed by atoms with van der Waals surface area (Å²) < 4.78 is 20.4. The lowest BCUT2D eigenvalue weighted by atomic mass is 10.0. The number of hydrogen-bond donors (Lipinski definition) is 2. The van der Waals surface area contributed by atoms with Crippen molar-refractivity contribution in [1.82, 2.24) is 25.3 Å². The predicted molar refractivity (Wildman–Crippen MR) is 130 cm³/mol. The van der Waals surface area contributed by atoms with E-state index in [1.165, 1.54) is 16.9 Å². The Balaban J connectivity index is 1.67. The molecule has 2 heterocycles. The van der Waals surface area contributed by atoms with E-state index in [-0.39, 0.29) is 18.1 Å². The molecule has 0 aliphatic carbocycles. The zero-order valence-electron chi connectivity index (χ0n) is 19.5. The Hall–Kier alpha value is -3.56. The highest BCUT2D eigenvalue weighted by atomic mass is 35.5. The molecule has 35 heavy (non-hydrogen) atoms. The zero-order chi connectivity index (χ0) is 25.1. The molecule has 2 aromatic carbocycles. The van der Waals surface area contributed by atoms with Gasteiger partial charge in [-0.2, -0.15) is 15.0 Å². The molecule has 0 saturated heterocycles. The van der Waals surface area contributed by atoms with Gasteiger partial charge in [-0.25, -0.2) is 9.37 Å². The molecule has 0 saturated carbocycles. The van der Waals surface area contributed by atoms with Crippen LogP contribution in [0.2, 0.25) is 5.02 Å². The second kappa shape index (κ2) is 10.4. The molecule has 2 N–H and O–H groups in total. The fourth-order valence-electron chi connectivity index (χ4n) is 3.84. The number of ether oxygens (including phenoxy) is 1. The third-order valence-corrected chi connectivity index (χ3v) is 5.96. The molecule has 0 aliphatic rings. The Labute approximate surface area is 206 Å². The van der Waals surface area contributed by atoms with Crippen molar-refractivity contribution in [2.45, 2.75) is 45.9 Å². The number of aromatic nitrogens is 4. The van der Waals surface area contributed by atoms with Gasteiger partial charge in [0.2, 0.25) is 5.91 Å². The normalized spacial score (nSPS) is 13.0. The van der Waals surface area contributed by atoms with Crippen molar-refractivity contribution in [3.05, 3.63) is 76.5 Å². The highest BCUT2D eigenvalue weighted by Crippen LogP contribution is 2.32. The number of aliphatic hydroxyl groups is 1. The highest BCUT2D eigenvalue weighted by molar-refractivity contribution is 6.31. The molecule has 182 valence electrons. The number of nitrogens with zero attached hydrogens (tertiary/aromatic N) is 4. The lowest BCUT2D eigenvalue weighted by molar-refractivity contribution is -0.130. The van der Waals surface area contributed by atoms with Gasteiger partial charge in [0, 0.05) is 16.6 Å². The number of aliphatic hydroxyl groups excluding tert-OH is 1. The molecule has 0 fully saturated rings. The van der Waals surface area contributed by atoms with Crippen LogP contribution in [0.25, 0.3) is 16.6 Å². The van der Waals surface area contributed by atoms with Gasteiger partial charge in [-0.1, -0.05) is 30.7 Å². The monoisotopic (exact) mass is 497 g/mol. The van der Waals surface area contributed by atoms with E-state index in [4.69, 9.17) is 16.3 Å². The van der Waals surface area contributed by atoms with Gasteiger partial charge in [-0.15, -0.1) is 0 Å². The van der Waals surface area contributed by atoms with Crippen LogP contribution in [0.15, 0.2) is 48.8 Å². The van der Waals surface area contributed by atoms with Crippen molar-refractivity contribution in [1.29, 1.82) is 0 Å². The van der Waals surface area contributed by atoms with Gasteiger partial charge in [-0.05, 0) is 50.1 Å². The van der Waals surface area contributed by atoms with Crippen molar-refractivity contribution >= 4 is 28.4 Å². The van der Waals surface area contributed by atoms with E-state index in [2.05, 4.69) is 20.5 Å². The molecular weight excluding hydrogens is 473 g/mol. The number of halogens is 2. The van der Waals surface area contributed by atoms with Crippen molar-refractivity contribution < 1.29 is 19.0 Å². The Kier molecular flexibility index (Phi) is 7.28. The third-order valence-electron chi connectivity index (χ3n) is 5.62. The number of para-hydroxylation sites is 1. The number of aryl methyl sites for hydroxylation is 1. The fourth-order valence-corrected chi connectivity index (χ4v) is 4.10. The number of amides is 1. The van der Waals surface area contributed by atoms with Crippen molar-refractivity contribution in [3.8, 4) is 11.4 Å². The topological polar surface area (TPSA) is 102 Å². The molecule has 8 nitrogen and oxygen atoms in total. The van der Waals surface area contributed by atoms with Gasteiger partial charge in [0.15, 0.2) is 0 Å². The minimum absolute atomic E-state index is 0.00900. The Morgan fingerprint density at radius 1 is 1.26 bits per heavy atom.